The summed E-state index contributed by atoms with van der Waals surface area (Å²) in [6, 6.07) is 32.4. The second kappa shape index (κ2) is 12.4. The van der Waals surface area contributed by atoms with Gasteiger partial charge in [-0.25, -0.2) is 9.98 Å². The molecule has 0 aliphatic carbocycles. The van der Waals surface area contributed by atoms with E-state index < -0.39 is 0 Å². The number of allylic oxidation sites excluding steroid dienone is 5. The van der Waals surface area contributed by atoms with Gasteiger partial charge in [-0.1, -0.05) is 54.6 Å². The summed E-state index contributed by atoms with van der Waals surface area (Å²) in [7, 11) is 0. The van der Waals surface area contributed by atoms with Crippen molar-refractivity contribution in [2.24, 2.45) is 9.98 Å². The third-order valence-electron chi connectivity index (χ3n) is 9.62. The standard InChI is InChI=1S/C44H32N4O4/c49-29-9-1-5-25(21-29)41-33-13-15-35(45-33)42(26-6-2-10-30(50)22-26)37-17-19-39(47-37)44(28-8-4-12-32(52)24-28)40-20-18-38(48-40)43(36-16-14-34(41)46-36)27-7-3-11-31(51)23-27/h1-19,21-24,40,45,48-52H,20H2. The number of phenols is 4. The van der Waals surface area contributed by atoms with Crippen LogP contribution in [-0.4, -0.2) is 42.9 Å². The molecular formula is C44H32N4O4. The zero-order chi connectivity index (χ0) is 35.3. The van der Waals surface area contributed by atoms with Crippen molar-refractivity contribution in [3.8, 4) is 23.0 Å². The van der Waals surface area contributed by atoms with Gasteiger partial charge in [0, 0.05) is 38.7 Å². The fraction of sp³-hybridized carbons (Fsp3) is 0.0455. The van der Waals surface area contributed by atoms with E-state index in [-0.39, 0.29) is 29.0 Å². The number of aromatic hydroxyl groups is 4. The van der Waals surface area contributed by atoms with Crippen LogP contribution in [-0.2, 0) is 0 Å². The Bertz CT molecular complexity index is 2690. The lowest BCUT2D eigenvalue weighted by atomic mass is 9.95. The maximum atomic E-state index is 10.6. The highest BCUT2D eigenvalue weighted by Gasteiger charge is 2.30. The first-order chi connectivity index (χ1) is 25.4. The van der Waals surface area contributed by atoms with Crippen LogP contribution in [0.5, 0.6) is 23.0 Å². The number of hydrogen-bond donors (Lipinski definition) is 6. The monoisotopic (exact) mass is 680 g/mol. The minimum Gasteiger partial charge on any atom is -0.508 e. The molecule has 252 valence electrons. The second-order valence-electron chi connectivity index (χ2n) is 13.0. The maximum absolute atomic E-state index is 10.6. The molecule has 0 fully saturated rings. The third-order valence-corrected chi connectivity index (χ3v) is 9.62. The van der Waals surface area contributed by atoms with Crippen LogP contribution in [0.4, 0.5) is 0 Å². The summed E-state index contributed by atoms with van der Waals surface area (Å²) in [5.74, 6) is 0.564. The minimum atomic E-state index is -0.218. The van der Waals surface area contributed by atoms with Crippen molar-refractivity contribution in [1.29, 1.82) is 0 Å². The van der Waals surface area contributed by atoms with Crippen molar-refractivity contribution in [2.75, 3.05) is 0 Å². The molecule has 1 atom stereocenters. The van der Waals surface area contributed by atoms with Crippen LogP contribution in [0.1, 0.15) is 28.7 Å². The molecule has 4 aliphatic heterocycles. The Hall–Kier alpha value is -7.06. The van der Waals surface area contributed by atoms with E-state index in [1.54, 1.807) is 48.5 Å². The van der Waals surface area contributed by atoms with E-state index in [0.717, 1.165) is 66.6 Å². The van der Waals surface area contributed by atoms with Crippen molar-refractivity contribution in [2.45, 2.75) is 12.5 Å². The predicted molar refractivity (Wildman–Crippen MR) is 204 cm³/mol. The van der Waals surface area contributed by atoms with Gasteiger partial charge in [-0.15, -0.1) is 0 Å². The molecule has 4 aliphatic rings. The van der Waals surface area contributed by atoms with Crippen molar-refractivity contribution >= 4 is 33.7 Å². The highest BCUT2D eigenvalue weighted by atomic mass is 16.3. The van der Waals surface area contributed by atoms with Gasteiger partial charge in [-0.05, 0) is 114 Å². The fourth-order valence-corrected chi connectivity index (χ4v) is 7.39. The van der Waals surface area contributed by atoms with Crippen molar-refractivity contribution in [1.82, 2.24) is 10.3 Å². The Morgan fingerprint density at radius 1 is 0.500 bits per heavy atom. The van der Waals surface area contributed by atoms with Crippen LogP contribution in [0.2, 0.25) is 0 Å². The molecule has 8 heteroatoms. The number of nitrogens with one attached hydrogen (secondary N) is 2. The largest absolute Gasteiger partial charge is 0.508 e. The van der Waals surface area contributed by atoms with E-state index in [2.05, 4.69) is 16.4 Å². The summed E-state index contributed by atoms with van der Waals surface area (Å²) < 4.78 is 0. The number of aromatic nitrogens is 1. The molecule has 4 aromatic carbocycles. The average molecular weight is 681 g/mol. The van der Waals surface area contributed by atoms with E-state index >= 15 is 0 Å². The van der Waals surface area contributed by atoms with Gasteiger partial charge in [-0.3, -0.25) is 0 Å². The molecular weight excluding hydrogens is 649 g/mol. The summed E-state index contributed by atoms with van der Waals surface area (Å²) in [4.78, 5) is 14.1. The van der Waals surface area contributed by atoms with Gasteiger partial charge in [0.2, 0.25) is 0 Å². The smallest absolute Gasteiger partial charge is 0.116 e. The Morgan fingerprint density at radius 3 is 1.50 bits per heavy atom. The lowest BCUT2D eigenvalue weighted by molar-refractivity contribution is 0.474. The SMILES string of the molecule is Oc1cccc(C2=C3C=CC(=N3)C(c3cccc(O)c3)=c3ccc([nH]3)=C(c3cccc(O)c3)C3=NC(=C(c4cccc(O)c4)C4CC=C2N4)C=C3)c1. The van der Waals surface area contributed by atoms with Crippen molar-refractivity contribution < 1.29 is 20.4 Å². The Balaban J connectivity index is 1.39. The van der Waals surface area contributed by atoms with Crippen LogP contribution in [0, 0.1) is 0 Å². The van der Waals surface area contributed by atoms with Gasteiger partial charge in [0.1, 0.15) is 23.0 Å². The van der Waals surface area contributed by atoms with Crippen LogP contribution >= 0.6 is 0 Å². The fourth-order valence-electron chi connectivity index (χ4n) is 7.39. The number of fused-ring (bicyclic) bond motifs is 6. The molecule has 1 unspecified atom stereocenters. The van der Waals surface area contributed by atoms with Gasteiger partial charge in [0.15, 0.2) is 0 Å². The number of aromatic amines is 1. The molecule has 0 spiro atoms. The van der Waals surface area contributed by atoms with E-state index in [9.17, 15) is 20.4 Å². The zero-order valence-corrected chi connectivity index (χ0v) is 27.7. The van der Waals surface area contributed by atoms with Gasteiger partial charge < -0.3 is 30.7 Å². The molecule has 0 radical (unpaired) electrons. The molecule has 8 nitrogen and oxygen atoms in total. The van der Waals surface area contributed by atoms with Gasteiger partial charge >= 0.3 is 0 Å². The molecule has 0 saturated heterocycles. The summed E-state index contributed by atoms with van der Waals surface area (Å²) in [6.07, 6.45) is 10.7. The van der Waals surface area contributed by atoms with Crippen molar-refractivity contribution in [3.63, 3.8) is 0 Å². The first kappa shape index (κ1) is 31.0. The third kappa shape index (κ3) is 5.52. The molecule has 5 aromatic rings. The number of H-pyrrole nitrogens is 1. The van der Waals surface area contributed by atoms with Crippen LogP contribution in [0.25, 0.3) is 22.3 Å². The maximum Gasteiger partial charge on any atom is 0.116 e. The predicted octanol–water partition coefficient (Wildman–Crippen LogP) is 6.34. The first-order valence-electron chi connectivity index (χ1n) is 17.0. The Morgan fingerprint density at radius 2 is 0.962 bits per heavy atom. The topological polar surface area (TPSA) is 133 Å². The molecule has 9 rings (SSSR count). The Labute approximate surface area is 298 Å². The minimum absolute atomic E-state index is 0.133. The van der Waals surface area contributed by atoms with Crippen LogP contribution in [0.3, 0.4) is 0 Å². The summed E-state index contributed by atoms with van der Waals surface area (Å²) in [5, 5.41) is 47.6. The summed E-state index contributed by atoms with van der Waals surface area (Å²) in [6.45, 7) is 0. The van der Waals surface area contributed by atoms with E-state index in [1.807, 2.05) is 85.0 Å². The molecule has 0 saturated carbocycles. The number of rotatable bonds is 4. The summed E-state index contributed by atoms with van der Waals surface area (Å²) in [5.41, 5.74) is 10.2. The average Bonchev–Trinajstić information content (AvgIpc) is 3.96. The quantitative estimate of drug-likeness (QED) is 0.132. The Kier molecular flexibility index (Phi) is 7.36. The van der Waals surface area contributed by atoms with Gasteiger partial charge in [-0.2, -0.15) is 0 Å². The lowest BCUT2D eigenvalue weighted by Gasteiger charge is -2.21. The van der Waals surface area contributed by atoms with E-state index in [0.29, 0.717) is 23.5 Å². The van der Waals surface area contributed by atoms with Gasteiger partial charge in [0.05, 0.1) is 28.9 Å². The molecule has 0 amide bonds. The highest BCUT2D eigenvalue weighted by molar-refractivity contribution is 6.31. The zero-order valence-electron chi connectivity index (χ0n) is 27.7. The number of hydrogen-bond acceptors (Lipinski definition) is 7. The number of nitrogens with zero attached hydrogens (tertiary/aromatic N) is 2. The molecule has 6 N–H and O–H groups in total. The van der Waals surface area contributed by atoms with Crippen LogP contribution in [0.15, 0.2) is 167 Å². The van der Waals surface area contributed by atoms with Crippen LogP contribution < -0.4 is 16.0 Å². The number of aliphatic imine (C=N–C) groups is 2. The molecule has 52 heavy (non-hydrogen) atoms. The highest BCUT2D eigenvalue weighted by Crippen LogP contribution is 2.39. The van der Waals surface area contributed by atoms with Crippen molar-refractivity contribution in [3.05, 3.63) is 190 Å². The number of phenolic OH excluding ortho intramolecular Hbond substituents is 4. The van der Waals surface area contributed by atoms with E-state index in [4.69, 9.17) is 9.98 Å². The lowest BCUT2D eigenvalue weighted by Crippen LogP contribution is -2.26. The number of benzene rings is 4. The summed E-state index contributed by atoms with van der Waals surface area (Å²) >= 11 is 0. The molecule has 5 heterocycles. The van der Waals surface area contributed by atoms with E-state index in [1.165, 1.54) is 0 Å². The van der Waals surface area contributed by atoms with Gasteiger partial charge in [0.25, 0.3) is 0 Å². The first-order valence-corrected chi connectivity index (χ1v) is 17.0. The normalized spacial score (nSPS) is 17.8. The molecule has 8 bridgehead atoms. The molecule has 1 aromatic heterocycles. The second-order valence-corrected chi connectivity index (χ2v) is 13.0.